The second kappa shape index (κ2) is 45.6. The fraction of sp³-hybridized carbons (Fsp3) is 0.577. The first-order chi connectivity index (χ1) is 55.9. The number of amides is 1. The van der Waals surface area contributed by atoms with Gasteiger partial charge in [0.05, 0.1) is 172 Å². The number of nitrogens with two attached hydrogens (primary N) is 5. The van der Waals surface area contributed by atoms with Gasteiger partial charge < -0.3 is 138 Å². The van der Waals surface area contributed by atoms with E-state index in [1.807, 2.05) is 84.9 Å². The van der Waals surface area contributed by atoms with Crippen molar-refractivity contribution in [2.75, 3.05) is 46.8 Å². The third-order valence-corrected chi connectivity index (χ3v) is 21.0. The van der Waals surface area contributed by atoms with Gasteiger partial charge >= 0.3 is 5.97 Å². The van der Waals surface area contributed by atoms with Gasteiger partial charge in [-0.1, -0.05) is 36.4 Å². The van der Waals surface area contributed by atoms with Gasteiger partial charge in [-0.3, -0.25) is 43.9 Å². The maximum atomic E-state index is 13.8. The van der Waals surface area contributed by atoms with Crippen LogP contribution in [0.3, 0.4) is 0 Å². The SMILES string of the molecule is NC1C[C@H](O[C@@H]2CC(CO)[C@@H](O)[C@H](O)C2N)C(CO)O[C@H]1O[C@H]1CC(N)[C@H](O)OC1CO.NC1C[C@H](O[C@@H]2OC(CO)[C@@H](O[C@@H]3CC(CO)[C@@H](O)[C@H](O)C3N)CC2NC(=O)c2ccc(CN(Cc3ccccn3)Cc3ccccn3)nc2)C(CO)O[C@H]1O.O=C(O)c1ccc(CN(Cc2ccccn2)Cc2ccccn2)cc1.[2H]CF. The molecule has 24 N–H and O–H groups in total. The zero-order chi connectivity index (χ0) is 83.5. The summed E-state index contributed by atoms with van der Waals surface area (Å²) in [5, 5.41) is 132. The van der Waals surface area contributed by atoms with Crippen LogP contribution in [0.5, 0.6) is 0 Å². The van der Waals surface area contributed by atoms with Crippen molar-refractivity contribution in [3.05, 3.63) is 185 Å². The number of carboxylic acid groups (broad SMARTS) is 1. The molecule has 9 heterocycles. The number of rotatable bonds is 29. The van der Waals surface area contributed by atoms with Gasteiger partial charge in [-0.15, -0.1) is 0 Å². The Morgan fingerprint density at radius 2 is 0.809 bits per heavy atom. The molecule has 2 saturated carbocycles. The molecule has 12 unspecified atom stereocenters. The Bertz CT molecular complexity index is 3720. The summed E-state index contributed by atoms with van der Waals surface area (Å²) in [5.41, 5.74) is 36.4. The average molecular weight is 1620 g/mol. The second-order valence-corrected chi connectivity index (χ2v) is 29.3. The van der Waals surface area contributed by atoms with Gasteiger partial charge in [0, 0.05) is 102 Å². The summed E-state index contributed by atoms with van der Waals surface area (Å²) in [4.78, 5) is 51.5. The van der Waals surface area contributed by atoms with Crippen molar-refractivity contribution in [3.8, 4) is 0 Å². The molecule has 6 fully saturated rings. The van der Waals surface area contributed by atoms with Crippen LogP contribution in [0.2, 0.25) is 0 Å². The first-order valence-electron chi connectivity index (χ1n) is 38.8. The second-order valence-electron chi connectivity index (χ2n) is 29.3. The van der Waals surface area contributed by atoms with Crippen molar-refractivity contribution >= 4 is 11.9 Å². The lowest BCUT2D eigenvalue weighted by Crippen LogP contribution is -2.63. The van der Waals surface area contributed by atoms with Crippen molar-refractivity contribution in [1.29, 1.82) is 0 Å². The minimum absolute atomic E-state index is 0.0425. The van der Waals surface area contributed by atoms with Crippen molar-refractivity contribution < 1.29 is 120 Å². The van der Waals surface area contributed by atoms with E-state index in [1.54, 1.807) is 49.1 Å². The van der Waals surface area contributed by atoms with Gasteiger partial charge in [0.2, 0.25) is 0 Å². The number of halogens is 1. The summed E-state index contributed by atoms with van der Waals surface area (Å²) < 4.78 is 62.8. The molecule has 12 rings (SSSR count). The number of alkyl halides is 1. The van der Waals surface area contributed by atoms with Crippen LogP contribution in [0.15, 0.2) is 140 Å². The summed E-state index contributed by atoms with van der Waals surface area (Å²) in [6.07, 6.45) is -8.48. The number of hydrogen-bond acceptors (Lipinski definition) is 34. The van der Waals surface area contributed by atoms with Crippen LogP contribution in [0, 0.1) is 11.8 Å². The van der Waals surface area contributed by atoms with Gasteiger partial charge in [-0.25, -0.2) is 4.79 Å². The summed E-state index contributed by atoms with van der Waals surface area (Å²) in [7, 11) is -1.00. The lowest BCUT2D eigenvalue weighted by molar-refractivity contribution is -0.302. The van der Waals surface area contributed by atoms with E-state index in [1.165, 1.54) is 6.20 Å². The first-order valence-corrected chi connectivity index (χ1v) is 38.1. The Balaban J connectivity index is 0.000000215. The lowest BCUT2D eigenvalue weighted by Gasteiger charge is -2.47. The molecule has 115 heavy (non-hydrogen) atoms. The van der Waals surface area contributed by atoms with Crippen molar-refractivity contribution in [3.63, 3.8) is 0 Å². The zero-order valence-electron chi connectivity index (χ0n) is 64.5. The number of nitrogens with one attached hydrogen (secondary N) is 1. The maximum absolute atomic E-state index is 13.8. The number of aliphatic hydroxyl groups excluding tert-OH is 12. The molecule has 4 aliphatic heterocycles. The number of benzene rings is 1. The minimum atomic E-state index is -1.37. The number of hydrogen-bond donors (Lipinski definition) is 19. The van der Waals surface area contributed by atoms with Crippen molar-refractivity contribution in [2.24, 2.45) is 40.5 Å². The van der Waals surface area contributed by atoms with Gasteiger partial charge in [0.1, 0.15) is 24.4 Å². The Labute approximate surface area is 666 Å². The van der Waals surface area contributed by atoms with E-state index in [9.17, 15) is 75.3 Å². The topological polar surface area (TPSA) is 584 Å². The van der Waals surface area contributed by atoms with E-state index in [-0.39, 0.29) is 50.7 Å². The smallest absolute Gasteiger partial charge is 0.335 e. The number of ether oxygens (including phenoxy) is 8. The van der Waals surface area contributed by atoms with Gasteiger partial charge in [-0.2, -0.15) is 0 Å². The number of nitrogens with zero attached hydrogens (tertiary/aromatic N) is 7. The van der Waals surface area contributed by atoms with Crippen LogP contribution in [-0.2, 0) is 77.2 Å². The van der Waals surface area contributed by atoms with Crippen molar-refractivity contribution in [2.45, 2.75) is 225 Å². The maximum Gasteiger partial charge on any atom is 0.335 e. The molecule has 0 bridgehead atoms. The molecule has 634 valence electrons. The minimum Gasteiger partial charge on any atom is -0.478 e. The molecule has 26 atom stereocenters. The molecular weight excluding hydrogens is 1510 g/mol. The summed E-state index contributed by atoms with van der Waals surface area (Å²) in [6, 6.07) is 28.6. The number of carboxylic acids is 1. The van der Waals surface area contributed by atoms with E-state index in [2.05, 4.69) is 40.0 Å². The average Bonchev–Trinajstić information content (AvgIpc) is 0.792. The fourth-order valence-corrected chi connectivity index (χ4v) is 14.6. The number of carbonyl (C=O) groups is 2. The van der Waals surface area contributed by atoms with Crippen LogP contribution in [0.4, 0.5) is 4.39 Å². The molecule has 6 aromatic rings. The number of aromatic carboxylic acids is 1. The Morgan fingerprint density at radius 1 is 0.443 bits per heavy atom. The lowest BCUT2D eigenvalue weighted by atomic mass is 9.80. The molecule has 1 amide bonds. The van der Waals surface area contributed by atoms with Crippen LogP contribution in [0.25, 0.3) is 0 Å². The number of aromatic nitrogens is 5. The van der Waals surface area contributed by atoms with E-state index in [4.69, 9.17) is 73.0 Å². The van der Waals surface area contributed by atoms with Crippen LogP contribution >= 0.6 is 0 Å². The highest BCUT2D eigenvalue weighted by Gasteiger charge is 2.50. The van der Waals surface area contributed by atoms with Crippen LogP contribution in [-0.4, -0.2) is 307 Å². The quantitative estimate of drug-likeness (QED) is 0.0221. The third kappa shape index (κ3) is 25.9. The highest BCUT2D eigenvalue weighted by molar-refractivity contribution is 5.94. The summed E-state index contributed by atoms with van der Waals surface area (Å²) in [6.45, 7) is 1.04. The third-order valence-electron chi connectivity index (χ3n) is 21.0. The van der Waals surface area contributed by atoms with Crippen molar-refractivity contribution in [1.82, 2.24) is 40.0 Å². The Kier molecular flexibility index (Phi) is 35.8. The van der Waals surface area contributed by atoms with Crippen LogP contribution in [0.1, 0.15) is 94.6 Å². The molecular formula is C78H112FN13O23. The molecule has 0 radical (unpaired) electrons. The van der Waals surface area contributed by atoms with E-state index >= 15 is 0 Å². The zero-order valence-corrected chi connectivity index (χ0v) is 63.5. The highest BCUT2D eigenvalue weighted by Crippen LogP contribution is 2.36. The standard InChI is InChI=1S/C38H53N7O11.C20H19N3O2.C19H37N3O10.CH3F/c39-26-12-28(31(19-47)54-37(26)52)55-38-27(13-29(32(20-48)56-38)53-30-11-22(18-46)34(49)35(50)33(30)40)44-36(51)21-7-8-25(43-14-21)17-45(15-23-5-1-3-9-41-23)16-24-6-2-4-10-42-24;24-20(25)17-9-7-16(8-10-17)13-23(14-18-5-1-3-11-21-18)15-19-6-2-4-12-22-19;20-8-2-11(13(5-24)30-18(8)28)31-19-9(21)3-10(14(6-25)32-19)29-12-1-7(4-23)16(26)17(27)15(12)22;1-2/h1-10,14,22,26-35,37-38,46-50,52H,11-13,15-20,39-40H2,(H,44,51);1-12H,13-15H2,(H,24,25);7-19,23-28H,1-6,20-22H2;1H3/t22?,26?,27?,28-,29-,30+,31?,32?,33?,34+,35+,37+,38+;;7?,8?,9?,10-,11-,12+,13?,14?,15?,16+,17+,18+,19+;/m0.0./s1/i;;;1D. The van der Waals surface area contributed by atoms with Crippen LogP contribution < -0.4 is 34.0 Å². The van der Waals surface area contributed by atoms with Gasteiger partial charge in [0.15, 0.2) is 25.2 Å². The number of aliphatic hydroxyl groups is 12. The summed E-state index contributed by atoms with van der Waals surface area (Å²) in [5.74, 6) is -2.72. The highest BCUT2D eigenvalue weighted by atomic mass is 19.1. The molecule has 4 saturated heterocycles. The largest absolute Gasteiger partial charge is 0.478 e. The molecule has 0 spiro atoms. The predicted molar refractivity (Wildman–Crippen MR) is 406 cm³/mol. The molecule has 36 nitrogen and oxygen atoms in total. The summed E-state index contributed by atoms with van der Waals surface area (Å²) >= 11 is 0. The van der Waals surface area contributed by atoms with E-state index in [0.717, 1.165) is 28.3 Å². The molecule has 2 aliphatic carbocycles. The van der Waals surface area contributed by atoms with Gasteiger partial charge in [0.25, 0.3) is 5.91 Å². The normalized spacial score (nSPS) is 32.9. The Hall–Kier alpha value is -7.24. The Morgan fingerprint density at radius 3 is 1.19 bits per heavy atom. The molecule has 37 heteroatoms. The number of carbonyl (C=O) groups excluding carboxylic acids is 1. The monoisotopic (exact) mass is 1620 g/mol. The molecule has 5 aromatic heterocycles. The van der Waals surface area contributed by atoms with Gasteiger partial charge in [-0.05, 0) is 110 Å². The predicted octanol–water partition coefficient (Wildman–Crippen LogP) is -3.08. The van der Waals surface area contributed by atoms with E-state index < -0.39 is 211 Å². The van der Waals surface area contributed by atoms with E-state index in [0.29, 0.717) is 50.5 Å². The fourth-order valence-electron chi connectivity index (χ4n) is 14.6. The molecule has 6 aliphatic rings. The molecule has 1 aromatic carbocycles. The first kappa shape index (κ1) is 90.1. The number of pyridine rings is 5.